The van der Waals surface area contributed by atoms with Crippen LogP contribution in [0.15, 0.2) is 65.2 Å². The zero-order chi connectivity index (χ0) is 27.1. The fourth-order valence-corrected chi connectivity index (χ4v) is 6.96. The number of hydrogen-bond donors (Lipinski definition) is 2. The molecule has 3 heterocycles. The second-order valence-corrected chi connectivity index (χ2v) is 11.8. The lowest BCUT2D eigenvalue weighted by atomic mass is 9.74. The van der Waals surface area contributed by atoms with Crippen LogP contribution in [0.3, 0.4) is 0 Å². The van der Waals surface area contributed by atoms with Gasteiger partial charge in [0.05, 0.1) is 25.0 Å². The Morgan fingerprint density at radius 1 is 1.10 bits per heavy atom. The number of nitrogens with zero attached hydrogens (tertiary/aromatic N) is 1. The molecule has 0 aromatic heterocycles. The second-order valence-electron chi connectivity index (χ2n) is 10.9. The summed E-state index contributed by atoms with van der Waals surface area (Å²) < 4.78 is 12.7. The van der Waals surface area contributed by atoms with Gasteiger partial charge in [0.25, 0.3) is 0 Å². The van der Waals surface area contributed by atoms with E-state index in [0.29, 0.717) is 11.4 Å². The Bertz CT molecular complexity index is 1310. The second kappa shape index (κ2) is 10.4. The molecule has 0 radical (unpaired) electrons. The summed E-state index contributed by atoms with van der Waals surface area (Å²) in [5.74, 6) is -1.63. The first-order valence-electron chi connectivity index (χ1n) is 13.6. The molecule has 0 unspecified atom stereocenters. The highest BCUT2D eigenvalue weighted by Gasteiger charge is 2.72. The van der Waals surface area contributed by atoms with Crippen molar-refractivity contribution < 1.29 is 23.9 Å². The average molecular weight is 595 g/mol. The fourth-order valence-electron chi connectivity index (χ4n) is 6.69. The number of anilines is 1. The lowest BCUT2D eigenvalue weighted by Gasteiger charge is -2.34. The van der Waals surface area contributed by atoms with E-state index >= 15 is 0 Å². The van der Waals surface area contributed by atoms with Gasteiger partial charge in [0, 0.05) is 22.7 Å². The maximum absolute atomic E-state index is 14.2. The molecule has 1 aliphatic carbocycles. The fraction of sp³-hybridized carbons (Fsp3) is 0.433. The molecule has 2 bridgehead atoms. The summed E-state index contributed by atoms with van der Waals surface area (Å²) in [6, 6.07) is 14.0. The van der Waals surface area contributed by atoms with Crippen molar-refractivity contribution in [1.29, 1.82) is 0 Å². The van der Waals surface area contributed by atoms with E-state index in [1.165, 1.54) is 6.42 Å². The molecule has 2 aromatic rings. The minimum Gasteiger partial charge on any atom is -0.497 e. The Morgan fingerprint density at radius 2 is 1.87 bits per heavy atom. The lowest BCUT2D eigenvalue weighted by molar-refractivity contribution is -0.142. The quantitative estimate of drug-likeness (QED) is 0.469. The normalized spacial score (nSPS) is 29.4. The highest BCUT2D eigenvalue weighted by molar-refractivity contribution is 9.10. The number of fused-ring (bicyclic) bond motifs is 1. The third kappa shape index (κ3) is 4.65. The topological polar surface area (TPSA) is 97.0 Å². The molecule has 6 rings (SSSR count). The molecular formula is C30H32BrN3O5. The van der Waals surface area contributed by atoms with Gasteiger partial charge in [-0.3, -0.25) is 14.4 Å². The van der Waals surface area contributed by atoms with Crippen molar-refractivity contribution >= 4 is 39.3 Å². The largest absolute Gasteiger partial charge is 0.497 e. The Balaban J connectivity index is 1.32. The summed E-state index contributed by atoms with van der Waals surface area (Å²) in [5.41, 5.74) is 0.277. The Morgan fingerprint density at radius 3 is 2.62 bits per heavy atom. The first-order valence-corrected chi connectivity index (χ1v) is 14.4. The Hall–Kier alpha value is -3.17. The van der Waals surface area contributed by atoms with Gasteiger partial charge in [-0.15, -0.1) is 0 Å². The molecule has 39 heavy (non-hydrogen) atoms. The third-order valence-electron chi connectivity index (χ3n) is 8.48. The van der Waals surface area contributed by atoms with E-state index in [-0.39, 0.29) is 30.3 Å². The minimum absolute atomic E-state index is 0.0783. The molecule has 3 fully saturated rings. The highest BCUT2D eigenvalue weighted by atomic mass is 79.9. The summed E-state index contributed by atoms with van der Waals surface area (Å²) in [6.07, 6.45) is 8.29. The molecule has 1 spiro atoms. The predicted octanol–water partition coefficient (Wildman–Crippen LogP) is 4.20. The van der Waals surface area contributed by atoms with Crippen LogP contribution in [0.5, 0.6) is 5.75 Å². The zero-order valence-electron chi connectivity index (χ0n) is 21.8. The van der Waals surface area contributed by atoms with Crippen molar-refractivity contribution in [3.05, 3.63) is 70.7 Å². The van der Waals surface area contributed by atoms with Crippen LogP contribution < -0.4 is 15.4 Å². The van der Waals surface area contributed by atoms with Crippen molar-refractivity contribution in [1.82, 2.24) is 10.2 Å². The summed E-state index contributed by atoms with van der Waals surface area (Å²) in [5, 5.41) is 6.18. The SMILES string of the molecule is COc1cccc(CN2C(=O)[C@H]3[C@H](C(=O)Nc4ccc(Br)cc4)[C@H]4C=C[C@@]3(O4)[C@H]2C(=O)NC2CCCCC2)c1. The van der Waals surface area contributed by atoms with E-state index in [1.54, 1.807) is 24.1 Å². The maximum Gasteiger partial charge on any atom is 0.246 e. The number of benzene rings is 2. The van der Waals surface area contributed by atoms with Crippen molar-refractivity contribution in [3.63, 3.8) is 0 Å². The maximum atomic E-state index is 14.2. The van der Waals surface area contributed by atoms with E-state index in [1.807, 2.05) is 48.6 Å². The highest BCUT2D eigenvalue weighted by Crippen LogP contribution is 2.55. The molecule has 2 aromatic carbocycles. The Labute approximate surface area is 236 Å². The van der Waals surface area contributed by atoms with Crippen LogP contribution in [0.25, 0.3) is 0 Å². The summed E-state index contributed by atoms with van der Waals surface area (Å²) in [7, 11) is 1.59. The van der Waals surface area contributed by atoms with Gasteiger partial charge < -0.3 is 25.0 Å². The molecule has 1 saturated carbocycles. The first kappa shape index (κ1) is 26.1. The molecule has 3 amide bonds. The van der Waals surface area contributed by atoms with Gasteiger partial charge >= 0.3 is 0 Å². The van der Waals surface area contributed by atoms with Gasteiger partial charge in [-0.2, -0.15) is 0 Å². The number of nitrogens with one attached hydrogen (secondary N) is 2. The van der Waals surface area contributed by atoms with Gasteiger partial charge in [0.1, 0.15) is 17.4 Å². The van der Waals surface area contributed by atoms with Gasteiger partial charge in [0.2, 0.25) is 17.7 Å². The molecule has 9 heteroatoms. The number of ether oxygens (including phenoxy) is 2. The number of amides is 3. The van der Waals surface area contributed by atoms with E-state index in [2.05, 4.69) is 26.6 Å². The molecule has 2 saturated heterocycles. The molecule has 4 aliphatic rings. The zero-order valence-corrected chi connectivity index (χ0v) is 23.4. The molecule has 2 N–H and O–H groups in total. The number of rotatable bonds is 7. The Kier molecular flexibility index (Phi) is 6.97. The first-order chi connectivity index (χ1) is 18.9. The lowest BCUT2D eigenvalue weighted by Crippen LogP contribution is -2.56. The molecule has 5 atom stereocenters. The van der Waals surface area contributed by atoms with E-state index in [4.69, 9.17) is 9.47 Å². The van der Waals surface area contributed by atoms with Crippen LogP contribution in [-0.2, 0) is 25.7 Å². The predicted molar refractivity (Wildman–Crippen MR) is 149 cm³/mol. The van der Waals surface area contributed by atoms with Crippen molar-refractivity contribution in [2.45, 2.75) is 62.4 Å². The van der Waals surface area contributed by atoms with Crippen LogP contribution in [0.1, 0.15) is 37.7 Å². The van der Waals surface area contributed by atoms with Crippen LogP contribution in [-0.4, -0.2) is 53.5 Å². The van der Waals surface area contributed by atoms with Crippen LogP contribution in [0.4, 0.5) is 5.69 Å². The number of hydrogen-bond acceptors (Lipinski definition) is 5. The smallest absolute Gasteiger partial charge is 0.246 e. The van der Waals surface area contributed by atoms with Gasteiger partial charge in [0.15, 0.2) is 0 Å². The van der Waals surface area contributed by atoms with Crippen LogP contribution in [0.2, 0.25) is 0 Å². The number of halogens is 1. The molecule has 204 valence electrons. The molecule has 3 aliphatic heterocycles. The van der Waals surface area contributed by atoms with Crippen molar-refractivity contribution in [3.8, 4) is 5.75 Å². The standard InChI is InChI=1S/C30H32BrN3O5/c1-38-22-9-5-6-18(16-22)17-34-26(28(36)33-20-7-3-2-4-8-20)30-15-14-23(39-30)24(25(30)29(34)37)27(35)32-21-12-10-19(31)11-13-21/h5-6,9-16,20,23-26H,2-4,7-8,17H2,1H3,(H,32,35)(H,33,36)/t23-,24-,25-,26-,30+/m1/s1. The number of carbonyl (C=O) groups excluding carboxylic acids is 3. The van der Waals surface area contributed by atoms with Crippen LogP contribution >= 0.6 is 15.9 Å². The monoisotopic (exact) mass is 593 g/mol. The van der Waals surface area contributed by atoms with Crippen LogP contribution in [0, 0.1) is 11.8 Å². The molecular weight excluding hydrogens is 562 g/mol. The average Bonchev–Trinajstić information content (AvgIpc) is 3.58. The van der Waals surface area contributed by atoms with E-state index in [0.717, 1.165) is 35.7 Å². The minimum atomic E-state index is -1.19. The van der Waals surface area contributed by atoms with Crippen molar-refractivity contribution in [2.75, 3.05) is 12.4 Å². The van der Waals surface area contributed by atoms with Crippen molar-refractivity contribution in [2.24, 2.45) is 11.8 Å². The van der Waals surface area contributed by atoms with Gasteiger partial charge in [-0.1, -0.05) is 59.5 Å². The third-order valence-corrected chi connectivity index (χ3v) is 9.00. The molecule has 8 nitrogen and oxygen atoms in total. The summed E-state index contributed by atoms with van der Waals surface area (Å²) >= 11 is 3.41. The number of carbonyl (C=O) groups is 3. The number of likely N-dealkylation sites (tertiary alicyclic amines) is 1. The van der Waals surface area contributed by atoms with E-state index < -0.39 is 29.6 Å². The summed E-state index contributed by atoms with van der Waals surface area (Å²) in [6.45, 7) is 0.208. The van der Waals surface area contributed by atoms with E-state index in [9.17, 15) is 14.4 Å². The van der Waals surface area contributed by atoms with Gasteiger partial charge in [-0.05, 0) is 54.8 Å². The summed E-state index contributed by atoms with van der Waals surface area (Å²) in [4.78, 5) is 43.3. The van der Waals surface area contributed by atoms with Gasteiger partial charge in [-0.25, -0.2) is 0 Å². The number of methoxy groups -OCH3 is 1.